The molecule has 0 saturated heterocycles. The van der Waals surface area contributed by atoms with Gasteiger partial charge in [0.2, 0.25) is 11.0 Å². The Morgan fingerprint density at radius 2 is 1.90 bits per heavy atom. The Morgan fingerprint density at radius 1 is 1.13 bits per heavy atom. The molecule has 0 bridgehead atoms. The van der Waals surface area contributed by atoms with Gasteiger partial charge in [0.15, 0.2) is 5.69 Å². The van der Waals surface area contributed by atoms with Gasteiger partial charge in [0.1, 0.15) is 0 Å². The Labute approximate surface area is 175 Å². The maximum Gasteiger partial charge on any atom is 0.355 e. The Bertz CT molecular complexity index is 1220. The van der Waals surface area contributed by atoms with Crippen LogP contribution in [0.2, 0.25) is 0 Å². The highest BCUT2D eigenvalue weighted by Gasteiger charge is 2.24. The van der Waals surface area contributed by atoms with Crippen molar-refractivity contribution >= 4 is 17.3 Å². The Balaban J connectivity index is 1.98. The van der Waals surface area contributed by atoms with E-state index < -0.39 is 5.97 Å². The fourth-order valence-electron chi connectivity index (χ4n) is 3.05. The Kier molecular flexibility index (Phi) is 5.15. The smallest absolute Gasteiger partial charge is 0.355 e. The first kappa shape index (κ1) is 19.5. The molecule has 0 aliphatic rings. The third-order valence-electron chi connectivity index (χ3n) is 4.42. The summed E-state index contributed by atoms with van der Waals surface area (Å²) in [5.41, 5.74) is 3.68. The van der Waals surface area contributed by atoms with E-state index in [4.69, 9.17) is 14.6 Å². The molecule has 152 valence electrons. The molecular formula is C20H17N5O4S. The molecule has 3 heterocycles. The maximum atomic E-state index is 11.3. The van der Waals surface area contributed by atoms with Gasteiger partial charge < -0.3 is 14.6 Å². The van der Waals surface area contributed by atoms with Gasteiger partial charge in [-0.15, -0.1) is 11.3 Å². The van der Waals surface area contributed by atoms with Gasteiger partial charge in [0.05, 0.1) is 31.2 Å². The highest BCUT2D eigenvalue weighted by Crippen LogP contribution is 2.38. The second-order valence-electron chi connectivity index (χ2n) is 6.20. The van der Waals surface area contributed by atoms with Gasteiger partial charge in [-0.05, 0) is 6.92 Å². The predicted octanol–water partition coefficient (Wildman–Crippen LogP) is 3.48. The number of hydrogen-bond donors (Lipinski definition) is 1. The van der Waals surface area contributed by atoms with Crippen LogP contribution in [0.1, 0.15) is 16.1 Å². The number of ether oxygens (including phenoxy) is 2. The highest BCUT2D eigenvalue weighted by molar-refractivity contribution is 7.12. The normalized spacial score (nSPS) is 10.8. The predicted molar refractivity (Wildman–Crippen MR) is 110 cm³/mol. The molecule has 4 aromatic rings. The molecule has 0 saturated carbocycles. The van der Waals surface area contributed by atoms with Gasteiger partial charge in [-0.1, -0.05) is 30.3 Å². The largest absolute Gasteiger partial charge is 0.480 e. The van der Waals surface area contributed by atoms with E-state index in [1.807, 2.05) is 37.3 Å². The van der Waals surface area contributed by atoms with E-state index in [1.54, 1.807) is 10.9 Å². The maximum absolute atomic E-state index is 11.3. The lowest BCUT2D eigenvalue weighted by molar-refractivity contribution is 0.0691. The zero-order valence-electron chi connectivity index (χ0n) is 16.4. The molecular weight excluding hydrogens is 406 g/mol. The quantitative estimate of drug-likeness (QED) is 0.502. The summed E-state index contributed by atoms with van der Waals surface area (Å²) < 4.78 is 12.2. The van der Waals surface area contributed by atoms with Crippen molar-refractivity contribution in [2.45, 2.75) is 6.92 Å². The minimum absolute atomic E-state index is 0.0479. The molecule has 3 aromatic heterocycles. The molecule has 0 unspecified atom stereocenters. The molecule has 0 aliphatic heterocycles. The van der Waals surface area contributed by atoms with Gasteiger partial charge >= 0.3 is 12.0 Å². The van der Waals surface area contributed by atoms with E-state index in [-0.39, 0.29) is 11.7 Å². The summed E-state index contributed by atoms with van der Waals surface area (Å²) in [6.45, 7) is 1.93. The zero-order valence-corrected chi connectivity index (χ0v) is 17.2. The molecule has 0 atom stereocenters. The van der Waals surface area contributed by atoms with Crippen molar-refractivity contribution in [1.29, 1.82) is 0 Å². The number of benzene rings is 1. The second kappa shape index (κ2) is 7.91. The van der Waals surface area contributed by atoms with Gasteiger partial charge in [-0.3, -0.25) is 0 Å². The summed E-state index contributed by atoms with van der Waals surface area (Å²) in [4.78, 5) is 24.0. The minimum Gasteiger partial charge on any atom is -0.480 e. The van der Waals surface area contributed by atoms with E-state index in [9.17, 15) is 9.90 Å². The van der Waals surface area contributed by atoms with Gasteiger partial charge in [0, 0.05) is 22.7 Å². The van der Waals surface area contributed by atoms with Crippen LogP contribution in [-0.4, -0.2) is 50.0 Å². The van der Waals surface area contributed by atoms with Crippen molar-refractivity contribution in [3.8, 4) is 39.5 Å². The van der Waals surface area contributed by atoms with Crippen molar-refractivity contribution in [2.75, 3.05) is 14.2 Å². The van der Waals surface area contributed by atoms with Crippen LogP contribution in [0.5, 0.6) is 11.9 Å². The molecule has 1 N–H and O–H groups in total. The monoisotopic (exact) mass is 423 g/mol. The number of methoxy groups -OCH3 is 2. The summed E-state index contributed by atoms with van der Waals surface area (Å²) in [5, 5.41) is 15.9. The van der Waals surface area contributed by atoms with Crippen molar-refractivity contribution in [2.24, 2.45) is 0 Å². The lowest BCUT2D eigenvalue weighted by atomic mass is 10.0. The van der Waals surface area contributed by atoms with Gasteiger partial charge in [0.25, 0.3) is 0 Å². The third kappa shape index (κ3) is 3.37. The van der Waals surface area contributed by atoms with Crippen LogP contribution in [0, 0.1) is 6.92 Å². The SMILES string of the molecule is COc1ncc(-c2c(C)c(-c3ccccc3)nn2-c2nc(C(=O)O)cs2)c(OC)n1. The van der Waals surface area contributed by atoms with Crippen LogP contribution in [0.3, 0.4) is 0 Å². The van der Waals surface area contributed by atoms with Gasteiger partial charge in [-0.2, -0.15) is 10.1 Å². The molecule has 9 nitrogen and oxygen atoms in total. The van der Waals surface area contributed by atoms with Crippen molar-refractivity contribution in [1.82, 2.24) is 24.7 Å². The number of carbonyl (C=O) groups is 1. The van der Waals surface area contributed by atoms with E-state index in [0.717, 1.165) is 16.8 Å². The van der Waals surface area contributed by atoms with Crippen molar-refractivity contribution in [3.05, 3.63) is 53.2 Å². The summed E-state index contributed by atoms with van der Waals surface area (Å²) in [6.07, 6.45) is 1.59. The molecule has 0 radical (unpaired) electrons. The van der Waals surface area contributed by atoms with E-state index in [2.05, 4.69) is 15.0 Å². The first-order valence-electron chi connectivity index (χ1n) is 8.83. The number of aromatic nitrogens is 5. The fraction of sp³-hybridized carbons (Fsp3) is 0.150. The number of hydrogen-bond acceptors (Lipinski definition) is 8. The number of nitrogens with zero attached hydrogens (tertiary/aromatic N) is 5. The average Bonchev–Trinajstić information content (AvgIpc) is 3.39. The lowest BCUT2D eigenvalue weighted by Gasteiger charge is -2.10. The van der Waals surface area contributed by atoms with Crippen molar-refractivity contribution < 1.29 is 19.4 Å². The summed E-state index contributed by atoms with van der Waals surface area (Å²) in [5.74, 6) is -0.794. The topological polar surface area (TPSA) is 112 Å². The lowest BCUT2D eigenvalue weighted by Crippen LogP contribution is -2.04. The minimum atomic E-state index is -1.10. The van der Waals surface area contributed by atoms with Gasteiger partial charge in [-0.25, -0.2) is 19.4 Å². The molecule has 10 heteroatoms. The highest BCUT2D eigenvalue weighted by atomic mass is 32.1. The van der Waals surface area contributed by atoms with Crippen LogP contribution >= 0.6 is 11.3 Å². The molecule has 0 amide bonds. The number of carboxylic acid groups (broad SMARTS) is 1. The first-order chi connectivity index (χ1) is 14.5. The standard InChI is InChI=1S/C20H17N5O4S/c1-11-15(12-7-5-4-6-8-12)24-25(20-22-14(10-30-20)18(26)27)16(11)13-9-21-19(29-3)23-17(13)28-2/h4-10H,1-3H3,(H,26,27). The molecule has 0 fully saturated rings. The van der Waals surface area contributed by atoms with Crippen molar-refractivity contribution in [3.63, 3.8) is 0 Å². The van der Waals surface area contributed by atoms with E-state index >= 15 is 0 Å². The second-order valence-corrected chi connectivity index (χ2v) is 7.04. The van der Waals surface area contributed by atoms with Crippen LogP contribution in [-0.2, 0) is 0 Å². The van der Waals surface area contributed by atoms with Crippen LogP contribution < -0.4 is 9.47 Å². The Morgan fingerprint density at radius 3 is 2.53 bits per heavy atom. The fourth-order valence-corrected chi connectivity index (χ4v) is 3.80. The Hall–Kier alpha value is -3.79. The van der Waals surface area contributed by atoms with E-state index in [0.29, 0.717) is 22.3 Å². The zero-order chi connectivity index (χ0) is 21.3. The summed E-state index contributed by atoms with van der Waals surface area (Å²) in [6, 6.07) is 9.86. The van der Waals surface area contributed by atoms with E-state index in [1.165, 1.54) is 30.9 Å². The van der Waals surface area contributed by atoms with Crippen LogP contribution in [0.15, 0.2) is 41.9 Å². The first-order valence-corrected chi connectivity index (χ1v) is 9.71. The third-order valence-corrected chi connectivity index (χ3v) is 5.24. The molecule has 1 aromatic carbocycles. The van der Waals surface area contributed by atoms with Crippen LogP contribution in [0.4, 0.5) is 0 Å². The number of rotatable bonds is 6. The average molecular weight is 423 g/mol. The van der Waals surface area contributed by atoms with Crippen LogP contribution in [0.25, 0.3) is 27.6 Å². The number of carboxylic acids is 1. The number of aromatic carboxylic acids is 1. The molecule has 0 aliphatic carbocycles. The molecule has 0 spiro atoms. The summed E-state index contributed by atoms with van der Waals surface area (Å²) in [7, 11) is 2.98. The summed E-state index contributed by atoms with van der Waals surface area (Å²) >= 11 is 1.18. The molecule has 30 heavy (non-hydrogen) atoms. The molecule has 4 rings (SSSR count). The number of thiazole rings is 1.